The minimum Gasteiger partial charge on any atom is -0.484 e. The average molecular weight is 381 g/mol. The molecule has 26 heavy (non-hydrogen) atoms. The third kappa shape index (κ3) is 2.95. The highest BCUT2D eigenvalue weighted by Crippen LogP contribution is 2.42. The highest BCUT2D eigenvalue weighted by atomic mass is 35.5. The molecule has 1 aromatic heterocycles. The molecule has 8 heteroatoms. The van der Waals surface area contributed by atoms with E-state index in [1.807, 2.05) is 0 Å². The fourth-order valence-electron chi connectivity index (χ4n) is 3.41. The third-order valence-corrected chi connectivity index (χ3v) is 5.22. The number of fused-ring (bicyclic) bond motifs is 1. The summed E-state index contributed by atoms with van der Waals surface area (Å²) in [6.07, 6.45) is 4.52. The second-order valence-corrected chi connectivity index (χ2v) is 7.18. The van der Waals surface area contributed by atoms with E-state index in [-0.39, 0.29) is 33.9 Å². The van der Waals surface area contributed by atoms with Crippen LogP contribution in [-0.2, 0) is 0 Å². The molecular weight excluding hydrogens is 363 g/mol. The topological polar surface area (TPSA) is 80.6 Å². The van der Waals surface area contributed by atoms with Gasteiger partial charge in [-0.1, -0.05) is 11.6 Å². The number of piperidine rings is 1. The molecule has 2 aromatic rings. The number of nitrogens with one attached hydrogen (secondary N) is 1. The Bertz CT molecular complexity index is 949. The Morgan fingerprint density at radius 3 is 2.77 bits per heavy atom. The number of carboxylic acids is 1. The average Bonchev–Trinajstić information content (AvgIpc) is 3.45. The number of aromatic nitrogens is 1. The van der Waals surface area contributed by atoms with Crippen LogP contribution in [-0.4, -0.2) is 34.8 Å². The van der Waals surface area contributed by atoms with Gasteiger partial charge in [0.15, 0.2) is 11.6 Å². The Balaban J connectivity index is 1.90. The molecule has 4 rings (SSSR count). The molecule has 1 unspecified atom stereocenters. The van der Waals surface area contributed by atoms with Crippen molar-refractivity contribution in [1.82, 2.24) is 9.88 Å². The standard InChI is InChI=1S/C18H18ClFN2O4/c19-14-15-11(6-13(20)17(14)26-10-2-1-5-21-7-10)16(23)12(18(24)25)8-22(15)9-3-4-9/h6,8-10,21H,1-5,7H2,(H,24,25). The Labute approximate surface area is 153 Å². The Kier molecular flexibility index (Phi) is 4.36. The predicted molar refractivity (Wildman–Crippen MR) is 94.9 cm³/mol. The van der Waals surface area contributed by atoms with Crippen molar-refractivity contribution in [2.75, 3.05) is 13.1 Å². The molecule has 138 valence electrons. The highest BCUT2D eigenvalue weighted by Gasteiger charge is 2.30. The molecule has 2 fully saturated rings. The first kappa shape index (κ1) is 17.3. The normalized spacial score (nSPS) is 20.3. The molecular formula is C18H18ClFN2O4. The van der Waals surface area contributed by atoms with Gasteiger partial charge in [0.1, 0.15) is 16.7 Å². The highest BCUT2D eigenvalue weighted by molar-refractivity contribution is 6.36. The predicted octanol–water partition coefficient (Wildman–Crippen LogP) is 2.96. The SMILES string of the molecule is O=C(O)c1cn(C2CC2)c2c(Cl)c(OC3CCCNC3)c(F)cc2c1=O. The van der Waals surface area contributed by atoms with Crippen molar-refractivity contribution in [3.63, 3.8) is 0 Å². The zero-order valence-corrected chi connectivity index (χ0v) is 14.7. The van der Waals surface area contributed by atoms with Gasteiger partial charge >= 0.3 is 5.97 Å². The molecule has 0 amide bonds. The lowest BCUT2D eigenvalue weighted by Gasteiger charge is -2.25. The van der Waals surface area contributed by atoms with Crippen LogP contribution in [0.1, 0.15) is 42.1 Å². The summed E-state index contributed by atoms with van der Waals surface area (Å²) in [5, 5.41) is 12.5. The largest absolute Gasteiger partial charge is 0.484 e. The Hall–Kier alpha value is -2.12. The van der Waals surface area contributed by atoms with E-state index in [9.17, 15) is 19.1 Å². The van der Waals surface area contributed by atoms with Crippen LogP contribution in [0.4, 0.5) is 4.39 Å². The fraction of sp³-hybridized carbons (Fsp3) is 0.444. The lowest BCUT2D eigenvalue weighted by Crippen LogP contribution is -2.37. The van der Waals surface area contributed by atoms with Gasteiger partial charge in [-0.25, -0.2) is 9.18 Å². The number of ether oxygens (including phenoxy) is 1. The van der Waals surface area contributed by atoms with Gasteiger partial charge in [0.2, 0.25) is 5.43 Å². The van der Waals surface area contributed by atoms with Gasteiger partial charge in [-0.05, 0) is 38.3 Å². The van der Waals surface area contributed by atoms with E-state index in [1.54, 1.807) is 4.57 Å². The number of nitrogens with zero attached hydrogens (tertiary/aromatic N) is 1. The van der Waals surface area contributed by atoms with E-state index < -0.39 is 17.2 Å². The second kappa shape index (κ2) is 6.55. The Morgan fingerprint density at radius 1 is 1.38 bits per heavy atom. The van der Waals surface area contributed by atoms with Crippen LogP contribution in [0.3, 0.4) is 0 Å². The van der Waals surface area contributed by atoms with Crippen molar-refractivity contribution in [3.05, 3.63) is 38.9 Å². The van der Waals surface area contributed by atoms with Crippen LogP contribution >= 0.6 is 11.6 Å². The number of aromatic carboxylic acids is 1. The van der Waals surface area contributed by atoms with Crippen LogP contribution in [0.2, 0.25) is 5.02 Å². The smallest absolute Gasteiger partial charge is 0.341 e. The van der Waals surface area contributed by atoms with Crippen molar-refractivity contribution < 1.29 is 19.0 Å². The van der Waals surface area contributed by atoms with E-state index >= 15 is 0 Å². The summed E-state index contributed by atoms with van der Waals surface area (Å²) < 4.78 is 22.1. The van der Waals surface area contributed by atoms with Crippen molar-refractivity contribution in [3.8, 4) is 5.75 Å². The van der Waals surface area contributed by atoms with Crippen molar-refractivity contribution in [1.29, 1.82) is 0 Å². The van der Waals surface area contributed by atoms with Crippen molar-refractivity contribution in [2.24, 2.45) is 0 Å². The summed E-state index contributed by atoms with van der Waals surface area (Å²) in [5.74, 6) is -2.17. The number of halogens is 2. The lowest BCUT2D eigenvalue weighted by molar-refractivity contribution is 0.0695. The van der Waals surface area contributed by atoms with Crippen molar-refractivity contribution in [2.45, 2.75) is 37.8 Å². The first-order chi connectivity index (χ1) is 12.5. The third-order valence-electron chi connectivity index (χ3n) is 4.87. The van der Waals surface area contributed by atoms with Crippen LogP contribution in [0.15, 0.2) is 17.1 Å². The molecule has 2 heterocycles. The van der Waals surface area contributed by atoms with Crippen molar-refractivity contribution >= 4 is 28.5 Å². The monoisotopic (exact) mass is 380 g/mol. The number of pyridine rings is 1. The molecule has 0 bridgehead atoms. The summed E-state index contributed by atoms with van der Waals surface area (Å²) in [6, 6.07) is 1.10. The van der Waals surface area contributed by atoms with Gasteiger partial charge in [-0.2, -0.15) is 0 Å². The minimum atomic E-state index is -1.34. The number of carboxylic acid groups (broad SMARTS) is 1. The van der Waals surface area contributed by atoms with E-state index in [2.05, 4.69) is 5.32 Å². The van der Waals surface area contributed by atoms with E-state index in [4.69, 9.17) is 16.3 Å². The number of rotatable bonds is 4. The molecule has 1 saturated carbocycles. The number of hydrogen-bond acceptors (Lipinski definition) is 4. The first-order valence-electron chi connectivity index (χ1n) is 8.65. The summed E-state index contributed by atoms with van der Waals surface area (Å²) in [7, 11) is 0. The summed E-state index contributed by atoms with van der Waals surface area (Å²) in [6.45, 7) is 1.49. The van der Waals surface area contributed by atoms with Crippen LogP contribution in [0.5, 0.6) is 5.75 Å². The molecule has 1 atom stereocenters. The molecule has 2 N–H and O–H groups in total. The molecule has 1 aromatic carbocycles. The van der Waals surface area contributed by atoms with Gasteiger partial charge in [-0.15, -0.1) is 0 Å². The minimum absolute atomic E-state index is 0.0199. The number of hydrogen-bond donors (Lipinski definition) is 2. The maximum atomic E-state index is 14.7. The zero-order valence-electron chi connectivity index (χ0n) is 13.9. The molecule has 2 aliphatic rings. The van der Waals surface area contributed by atoms with Gasteiger partial charge in [-0.3, -0.25) is 4.79 Å². The molecule has 1 aliphatic carbocycles. The van der Waals surface area contributed by atoms with E-state index in [1.165, 1.54) is 6.20 Å². The summed E-state index contributed by atoms with van der Waals surface area (Å²) >= 11 is 6.45. The Morgan fingerprint density at radius 2 is 2.15 bits per heavy atom. The van der Waals surface area contributed by atoms with Crippen LogP contribution < -0.4 is 15.5 Å². The first-order valence-corrected chi connectivity index (χ1v) is 9.02. The molecule has 1 saturated heterocycles. The van der Waals surface area contributed by atoms with Gasteiger partial charge in [0.05, 0.1) is 10.9 Å². The summed E-state index contributed by atoms with van der Waals surface area (Å²) in [5.41, 5.74) is -0.787. The fourth-order valence-corrected chi connectivity index (χ4v) is 3.75. The van der Waals surface area contributed by atoms with Crippen LogP contribution in [0.25, 0.3) is 10.9 Å². The molecule has 0 radical (unpaired) electrons. The van der Waals surface area contributed by atoms with Gasteiger partial charge < -0.3 is 19.7 Å². The van der Waals surface area contributed by atoms with Gasteiger partial charge in [0, 0.05) is 18.8 Å². The molecule has 1 aliphatic heterocycles. The summed E-state index contributed by atoms with van der Waals surface area (Å²) in [4.78, 5) is 23.9. The number of carbonyl (C=O) groups is 1. The molecule has 6 nitrogen and oxygen atoms in total. The maximum absolute atomic E-state index is 14.7. The van der Waals surface area contributed by atoms with E-state index in [0.717, 1.165) is 38.3 Å². The molecule has 0 spiro atoms. The van der Waals surface area contributed by atoms with E-state index in [0.29, 0.717) is 12.1 Å². The number of benzene rings is 1. The van der Waals surface area contributed by atoms with Crippen LogP contribution in [0, 0.1) is 5.82 Å². The maximum Gasteiger partial charge on any atom is 0.341 e. The second-order valence-electron chi connectivity index (χ2n) is 6.80. The quantitative estimate of drug-likeness (QED) is 0.852. The lowest BCUT2D eigenvalue weighted by atomic mass is 10.1. The zero-order chi connectivity index (χ0) is 18.4. The van der Waals surface area contributed by atoms with Gasteiger partial charge in [0.25, 0.3) is 0 Å².